The van der Waals surface area contributed by atoms with Crippen molar-refractivity contribution in [1.29, 1.82) is 0 Å². The van der Waals surface area contributed by atoms with Crippen LogP contribution in [0.2, 0.25) is 0 Å². The van der Waals surface area contributed by atoms with Gasteiger partial charge in [-0.15, -0.1) is 5.10 Å². The molecule has 0 bridgehead atoms. The molecule has 0 aliphatic carbocycles. The van der Waals surface area contributed by atoms with Crippen LogP contribution in [0.15, 0.2) is 16.6 Å². The van der Waals surface area contributed by atoms with Gasteiger partial charge in [0.2, 0.25) is 5.82 Å². The molecular formula is C13H14BrF2N3OS. The number of rotatable bonds is 6. The van der Waals surface area contributed by atoms with Crippen molar-refractivity contribution in [3.05, 3.63) is 33.2 Å². The number of hydrogen-bond donors (Lipinski definition) is 1. The number of hydrogen-bond acceptors (Lipinski definition) is 5. The Bertz CT molecular complexity index is 621. The monoisotopic (exact) mass is 377 g/mol. The SMILES string of the molecule is CC(C)CNCc1nnc(Oc2cc(Br)cc(F)c2F)s1. The van der Waals surface area contributed by atoms with E-state index >= 15 is 0 Å². The molecule has 0 saturated carbocycles. The van der Waals surface area contributed by atoms with E-state index in [4.69, 9.17) is 4.74 Å². The van der Waals surface area contributed by atoms with Crippen LogP contribution < -0.4 is 10.1 Å². The summed E-state index contributed by atoms with van der Waals surface area (Å²) in [5.74, 6) is -1.72. The van der Waals surface area contributed by atoms with Gasteiger partial charge in [-0.1, -0.05) is 46.2 Å². The normalized spacial score (nSPS) is 11.1. The van der Waals surface area contributed by atoms with E-state index in [9.17, 15) is 8.78 Å². The van der Waals surface area contributed by atoms with Crippen molar-refractivity contribution in [1.82, 2.24) is 15.5 Å². The molecule has 4 nitrogen and oxygen atoms in total. The first-order valence-corrected chi connectivity index (χ1v) is 7.92. The number of nitrogens with one attached hydrogen (secondary N) is 1. The molecule has 0 aliphatic heterocycles. The molecule has 1 aromatic heterocycles. The molecule has 0 aliphatic rings. The van der Waals surface area contributed by atoms with Gasteiger partial charge in [0.25, 0.3) is 5.19 Å². The smallest absolute Gasteiger partial charge is 0.299 e. The molecule has 114 valence electrons. The summed E-state index contributed by atoms with van der Waals surface area (Å²) in [5, 5.41) is 11.9. The van der Waals surface area contributed by atoms with Crippen LogP contribution in [0, 0.1) is 17.6 Å². The molecule has 21 heavy (non-hydrogen) atoms. The van der Waals surface area contributed by atoms with Crippen molar-refractivity contribution in [2.24, 2.45) is 5.92 Å². The molecule has 2 rings (SSSR count). The van der Waals surface area contributed by atoms with Gasteiger partial charge in [0.1, 0.15) is 5.01 Å². The Morgan fingerprint density at radius 1 is 1.33 bits per heavy atom. The first-order chi connectivity index (χ1) is 9.95. The summed E-state index contributed by atoms with van der Waals surface area (Å²) in [6.07, 6.45) is 0. The zero-order valence-corrected chi connectivity index (χ0v) is 13.9. The van der Waals surface area contributed by atoms with Crippen molar-refractivity contribution in [2.75, 3.05) is 6.54 Å². The van der Waals surface area contributed by atoms with Gasteiger partial charge in [-0.25, -0.2) is 4.39 Å². The van der Waals surface area contributed by atoms with Gasteiger partial charge in [-0.2, -0.15) is 4.39 Å². The van der Waals surface area contributed by atoms with Gasteiger partial charge in [0.15, 0.2) is 11.6 Å². The Morgan fingerprint density at radius 2 is 2.10 bits per heavy atom. The molecular weight excluding hydrogens is 364 g/mol. The standard InChI is InChI=1S/C13H14BrF2N3OS/c1-7(2)5-17-6-11-18-19-13(21-11)20-10-4-8(14)3-9(15)12(10)16/h3-4,7,17H,5-6H2,1-2H3. The van der Waals surface area contributed by atoms with Crippen LogP contribution in [0.3, 0.4) is 0 Å². The van der Waals surface area contributed by atoms with Crippen LogP contribution >= 0.6 is 27.3 Å². The predicted molar refractivity (Wildman–Crippen MR) is 80.6 cm³/mol. The highest BCUT2D eigenvalue weighted by Gasteiger charge is 2.14. The van der Waals surface area contributed by atoms with E-state index in [1.807, 2.05) is 0 Å². The van der Waals surface area contributed by atoms with Gasteiger partial charge in [0, 0.05) is 11.0 Å². The first-order valence-electron chi connectivity index (χ1n) is 6.31. The molecule has 1 heterocycles. The number of halogens is 3. The van der Waals surface area contributed by atoms with E-state index in [1.165, 1.54) is 17.4 Å². The Kier molecular flexibility index (Phi) is 5.60. The number of aromatic nitrogens is 2. The lowest BCUT2D eigenvalue weighted by Crippen LogP contribution is -2.18. The number of ether oxygens (including phenoxy) is 1. The molecule has 0 radical (unpaired) electrons. The average molecular weight is 378 g/mol. The largest absolute Gasteiger partial charge is 0.426 e. The fourth-order valence-corrected chi connectivity index (χ4v) is 2.60. The van der Waals surface area contributed by atoms with Gasteiger partial charge in [-0.05, 0) is 24.6 Å². The van der Waals surface area contributed by atoms with E-state index in [1.54, 1.807) is 0 Å². The molecule has 0 spiro atoms. The molecule has 8 heteroatoms. The Hall–Kier alpha value is -1.12. The lowest BCUT2D eigenvalue weighted by Gasteiger charge is -2.04. The topological polar surface area (TPSA) is 47.0 Å². The molecule has 0 atom stereocenters. The molecule has 0 saturated heterocycles. The average Bonchev–Trinajstić information content (AvgIpc) is 2.82. The van der Waals surface area contributed by atoms with Crippen molar-refractivity contribution < 1.29 is 13.5 Å². The summed E-state index contributed by atoms with van der Waals surface area (Å²) >= 11 is 4.27. The quantitative estimate of drug-likeness (QED) is 0.769. The number of nitrogens with zero attached hydrogens (tertiary/aromatic N) is 2. The molecule has 0 fully saturated rings. The molecule has 1 aromatic carbocycles. The van der Waals surface area contributed by atoms with Gasteiger partial charge >= 0.3 is 0 Å². The second kappa shape index (κ2) is 7.24. The minimum Gasteiger partial charge on any atom is -0.426 e. The molecule has 1 N–H and O–H groups in total. The van der Waals surface area contributed by atoms with Crippen molar-refractivity contribution in [2.45, 2.75) is 20.4 Å². The zero-order chi connectivity index (χ0) is 15.4. The van der Waals surface area contributed by atoms with Crippen LogP contribution in [-0.2, 0) is 6.54 Å². The van der Waals surface area contributed by atoms with Gasteiger partial charge < -0.3 is 10.1 Å². The second-order valence-corrected chi connectivity index (χ2v) is 6.73. The van der Waals surface area contributed by atoms with Crippen LogP contribution in [0.25, 0.3) is 0 Å². The highest BCUT2D eigenvalue weighted by Crippen LogP contribution is 2.31. The van der Waals surface area contributed by atoms with Crippen molar-refractivity contribution in [3.8, 4) is 10.9 Å². The summed E-state index contributed by atoms with van der Waals surface area (Å²) in [4.78, 5) is 0. The van der Waals surface area contributed by atoms with Crippen molar-refractivity contribution >= 4 is 27.3 Å². The maximum Gasteiger partial charge on any atom is 0.299 e. The van der Waals surface area contributed by atoms with E-state index in [0.717, 1.165) is 17.6 Å². The Balaban J connectivity index is 2.02. The summed E-state index contributed by atoms with van der Waals surface area (Å²) in [6, 6.07) is 2.38. The van der Waals surface area contributed by atoms with Gasteiger partial charge in [-0.3, -0.25) is 0 Å². The zero-order valence-electron chi connectivity index (χ0n) is 11.5. The fourth-order valence-electron chi connectivity index (χ4n) is 1.52. The van der Waals surface area contributed by atoms with Crippen LogP contribution in [0.1, 0.15) is 18.9 Å². The van der Waals surface area contributed by atoms with E-state index in [-0.39, 0.29) is 10.9 Å². The minimum atomic E-state index is -1.05. The molecule has 2 aromatic rings. The van der Waals surface area contributed by atoms with Crippen LogP contribution in [-0.4, -0.2) is 16.7 Å². The lowest BCUT2D eigenvalue weighted by molar-refractivity contribution is 0.411. The fraction of sp³-hybridized carbons (Fsp3) is 0.385. The molecule has 0 amide bonds. The Labute approximate surface area is 133 Å². The number of benzene rings is 1. The third-order valence-corrected chi connectivity index (χ3v) is 3.69. The summed E-state index contributed by atoms with van der Waals surface area (Å²) in [6.45, 7) is 5.63. The van der Waals surface area contributed by atoms with E-state index in [2.05, 4.69) is 45.3 Å². The van der Waals surface area contributed by atoms with E-state index < -0.39 is 11.6 Å². The third-order valence-electron chi connectivity index (χ3n) is 2.43. The highest BCUT2D eigenvalue weighted by molar-refractivity contribution is 9.10. The summed E-state index contributed by atoms with van der Waals surface area (Å²) in [5.41, 5.74) is 0. The van der Waals surface area contributed by atoms with E-state index in [0.29, 0.717) is 16.9 Å². The third kappa shape index (κ3) is 4.69. The maximum atomic E-state index is 13.6. The highest BCUT2D eigenvalue weighted by atomic mass is 79.9. The molecule has 0 unspecified atom stereocenters. The summed E-state index contributed by atoms with van der Waals surface area (Å²) in [7, 11) is 0. The second-order valence-electron chi connectivity index (χ2n) is 4.79. The first kappa shape index (κ1) is 16.3. The minimum absolute atomic E-state index is 0.174. The maximum absolute atomic E-state index is 13.6. The van der Waals surface area contributed by atoms with Crippen molar-refractivity contribution in [3.63, 3.8) is 0 Å². The van der Waals surface area contributed by atoms with Gasteiger partial charge in [0.05, 0.1) is 0 Å². The van der Waals surface area contributed by atoms with Crippen LogP contribution in [0.5, 0.6) is 10.9 Å². The lowest BCUT2D eigenvalue weighted by atomic mass is 10.2. The Morgan fingerprint density at radius 3 is 2.81 bits per heavy atom. The summed E-state index contributed by atoms with van der Waals surface area (Å²) < 4.78 is 32.5. The predicted octanol–water partition coefficient (Wildman–Crippen LogP) is 4.12. The van der Waals surface area contributed by atoms with Crippen LogP contribution in [0.4, 0.5) is 8.78 Å².